The fourth-order valence-electron chi connectivity index (χ4n) is 2.58. The molecule has 2 N–H and O–H groups in total. The Bertz CT molecular complexity index is 478. The Morgan fingerprint density at radius 1 is 1.21 bits per heavy atom. The number of fused-ring (bicyclic) bond motifs is 1. The highest BCUT2D eigenvalue weighted by atomic mass is 16.5. The van der Waals surface area contributed by atoms with E-state index in [2.05, 4.69) is 10.9 Å². The van der Waals surface area contributed by atoms with Gasteiger partial charge in [-0.2, -0.15) is 0 Å². The summed E-state index contributed by atoms with van der Waals surface area (Å²) in [5.74, 6) is 1.47. The van der Waals surface area contributed by atoms with E-state index in [9.17, 15) is 4.79 Å². The monoisotopic (exact) mass is 262 g/mol. The van der Waals surface area contributed by atoms with Crippen molar-refractivity contribution in [1.82, 2.24) is 10.9 Å². The maximum Gasteiger partial charge on any atom is 0.161 e. The van der Waals surface area contributed by atoms with Gasteiger partial charge in [0.1, 0.15) is 6.29 Å². The maximum absolute atomic E-state index is 11.2. The maximum atomic E-state index is 11.2. The fraction of sp³-hybridized carbons (Fsp3) is 0.500. The fourth-order valence-corrected chi connectivity index (χ4v) is 2.58. The van der Waals surface area contributed by atoms with E-state index in [-0.39, 0.29) is 18.0 Å². The van der Waals surface area contributed by atoms with Crippen molar-refractivity contribution in [2.75, 3.05) is 13.2 Å². The first-order valence-electron chi connectivity index (χ1n) is 6.65. The predicted octanol–water partition coefficient (Wildman–Crippen LogP) is 1.20. The van der Waals surface area contributed by atoms with Crippen molar-refractivity contribution < 1.29 is 14.3 Å². The summed E-state index contributed by atoms with van der Waals surface area (Å²) in [6, 6.07) is 5.97. The minimum atomic E-state index is -0.0789. The predicted molar refractivity (Wildman–Crippen MR) is 70.1 cm³/mol. The standard InChI is InChI=1S/C14H18N2O3/c1-9-11(8-17)14(16-15-9)10-3-4-12-13(7-10)19-6-2-5-18-12/h3-4,7-9,11,14-16H,2,5-6H2,1H3. The molecule has 1 saturated heterocycles. The van der Waals surface area contributed by atoms with Crippen LogP contribution < -0.4 is 20.3 Å². The van der Waals surface area contributed by atoms with Gasteiger partial charge in [0.05, 0.1) is 25.2 Å². The molecule has 19 heavy (non-hydrogen) atoms. The summed E-state index contributed by atoms with van der Waals surface area (Å²) in [6.07, 6.45) is 1.90. The van der Waals surface area contributed by atoms with Crippen LogP contribution in [0.2, 0.25) is 0 Å². The van der Waals surface area contributed by atoms with Crippen LogP contribution in [0.1, 0.15) is 24.9 Å². The summed E-state index contributed by atoms with van der Waals surface area (Å²) in [7, 11) is 0. The van der Waals surface area contributed by atoms with Gasteiger partial charge in [-0.25, -0.2) is 5.43 Å². The molecule has 0 aliphatic carbocycles. The lowest BCUT2D eigenvalue weighted by Crippen LogP contribution is -2.29. The molecule has 3 atom stereocenters. The highest BCUT2D eigenvalue weighted by Gasteiger charge is 2.34. The molecule has 0 spiro atoms. The first-order chi connectivity index (χ1) is 9.29. The van der Waals surface area contributed by atoms with Gasteiger partial charge >= 0.3 is 0 Å². The number of rotatable bonds is 2. The van der Waals surface area contributed by atoms with Crippen LogP contribution in [0.5, 0.6) is 11.5 Å². The number of benzene rings is 1. The molecule has 2 heterocycles. The van der Waals surface area contributed by atoms with Crippen LogP contribution in [-0.2, 0) is 4.79 Å². The third kappa shape index (κ3) is 2.31. The molecule has 1 aromatic rings. The van der Waals surface area contributed by atoms with Gasteiger partial charge in [0.25, 0.3) is 0 Å². The van der Waals surface area contributed by atoms with Crippen LogP contribution in [0.4, 0.5) is 0 Å². The van der Waals surface area contributed by atoms with Gasteiger partial charge in [-0.05, 0) is 24.6 Å². The molecule has 2 aliphatic heterocycles. The first kappa shape index (κ1) is 12.4. The SMILES string of the molecule is CC1NNC(c2ccc3c(c2)OCCCO3)C1C=O. The normalized spacial score (nSPS) is 29.8. The zero-order valence-electron chi connectivity index (χ0n) is 10.9. The van der Waals surface area contributed by atoms with Crippen molar-refractivity contribution >= 4 is 6.29 Å². The molecule has 102 valence electrons. The molecule has 0 aromatic heterocycles. The number of carbonyl (C=O) groups excluding carboxylic acids is 1. The van der Waals surface area contributed by atoms with E-state index < -0.39 is 0 Å². The quantitative estimate of drug-likeness (QED) is 0.784. The Hall–Kier alpha value is -1.59. The number of nitrogens with one attached hydrogen (secondary N) is 2. The molecule has 2 aliphatic rings. The molecule has 1 aromatic carbocycles. The van der Waals surface area contributed by atoms with Crippen LogP contribution >= 0.6 is 0 Å². The zero-order valence-corrected chi connectivity index (χ0v) is 10.9. The molecular formula is C14H18N2O3. The van der Waals surface area contributed by atoms with E-state index in [1.54, 1.807) is 0 Å². The summed E-state index contributed by atoms with van der Waals surface area (Å²) in [4.78, 5) is 11.2. The number of hydrazine groups is 1. The van der Waals surface area contributed by atoms with E-state index in [0.29, 0.717) is 13.2 Å². The van der Waals surface area contributed by atoms with E-state index in [0.717, 1.165) is 29.8 Å². The first-order valence-corrected chi connectivity index (χ1v) is 6.65. The third-order valence-electron chi connectivity index (χ3n) is 3.72. The van der Waals surface area contributed by atoms with Gasteiger partial charge in [0.2, 0.25) is 0 Å². The topological polar surface area (TPSA) is 59.6 Å². The smallest absolute Gasteiger partial charge is 0.161 e. The lowest BCUT2D eigenvalue weighted by Gasteiger charge is -2.17. The lowest BCUT2D eigenvalue weighted by atomic mass is 9.91. The Kier molecular flexibility index (Phi) is 3.40. The largest absolute Gasteiger partial charge is 0.490 e. The number of aldehydes is 1. The molecule has 5 heteroatoms. The van der Waals surface area contributed by atoms with E-state index in [1.807, 2.05) is 25.1 Å². The Balaban J connectivity index is 1.89. The van der Waals surface area contributed by atoms with Crippen molar-refractivity contribution in [3.8, 4) is 11.5 Å². The second-order valence-corrected chi connectivity index (χ2v) is 5.03. The van der Waals surface area contributed by atoms with Crippen molar-refractivity contribution in [3.63, 3.8) is 0 Å². The Morgan fingerprint density at radius 3 is 2.79 bits per heavy atom. The lowest BCUT2D eigenvalue weighted by molar-refractivity contribution is -0.111. The summed E-state index contributed by atoms with van der Waals surface area (Å²) >= 11 is 0. The van der Waals surface area contributed by atoms with Crippen LogP contribution in [0.25, 0.3) is 0 Å². The van der Waals surface area contributed by atoms with Gasteiger partial charge < -0.3 is 14.3 Å². The Morgan fingerprint density at radius 2 is 2.00 bits per heavy atom. The van der Waals surface area contributed by atoms with Crippen molar-refractivity contribution in [3.05, 3.63) is 23.8 Å². The molecule has 0 radical (unpaired) electrons. The molecule has 1 fully saturated rings. The molecule has 0 amide bonds. The van der Waals surface area contributed by atoms with Gasteiger partial charge in [0, 0.05) is 12.5 Å². The minimum absolute atomic E-state index is 0.0235. The highest BCUT2D eigenvalue weighted by molar-refractivity contribution is 5.58. The van der Waals surface area contributed by atoms with Gasteiger partial charge in [-0.15, -0.1) is 0 Å². The molecular weight excluding hydrogens is 244 g/mol. The summed E-state index contributed by atoms with van der Waals surface area (Å²) in [5.41, 5.74) is 7.32. The highest BCUT2D eigenvalue weighted by Crippen LogP contribution is 2.35. The van der Waals surface area contributed by atoms with Crippen molar-refractivity contribution in [1.29, 1.82) is 0 Å². The molecule has 0 bridgehead atoms. The summed E-state index contributed by atoms with van der Waals surface area (Å²) in [5, 5.41) is 0. The number of hydrogen-bond donors (Lipinski definition) is 2. The average molecular weight is 262 g/mol. The van der Waals surface area contributed by atoms with Crippen molar-refractivity contribution in [2.24, 2.45) is 5.92 Å². The minimum Gasteiger partial charge on any atom is -0.490 e. The molecule has 3 unspecified atom stereocenters. The van der Waals surface area contributed by atoms with E-state index in [4.69, 9.17) is 9.47 Å². The molecule has 5 nitrogen and oxygen atoms in total. The van der Waals surface area contributed by atoms with E-state index >= 15 is 0 Å². The van der Waals surface area contributed by atoms with Gasteiger partial charge in [-0.1, -0.05) is 6.07 Å². The van der Waals surface area contributed by atoms with Crippen LogP contribution in [0.15, 0.2) is 18.2 Å². The second-order valence-electron chi connectivity index (χ2n) is 5.03. The zero-order chi connectivity index (χ0) is 13.2. The summed E-state index contributed by atoms with van der Waals surface area (Å²) in [6.45, 7) is 3.35. The molecule has 0 saturated carbocycles. The van der Waals surface area contributed by atoms with Gasteiger partial charge in [-0.3, -0.25) is 5.43 Å². The number of ether oxygens (including phenoxy) is 2. The second kappa shape index (κ2) is 5.19. The van der Waals surface area contributed by atoms with Crippen LogP contribution in [0.3, 0.4) is 0 Å². The number of hydrogen-bond acceptors (Lipinski definition) is 5. The molecule has 3 rings (SSSR count). The van der Waals surface area contributed by atoms with Crippen LogP contribution in [0, 0.1) is 5.92 Å². The number of carbonyl (C=O) groups is 1. The van der Waals surface area contributed by atoms with Crippen LogP contribution in [-0.4, -0.2) is 25.5 Å². The summed E-state index contributed by atoms with van der Waals surface area (Å²) < 4.78 is 11.3. The average Bonchev–Trinajstić information content (AvgIpc) is 2.66. The van der Waals surface area contributed by atoms with Crippen molar-refractivity contribution in [2.45, 2.75) is 25.4 Å². The van der Waals surface area contributed by atoms with Gasteiger partial charge in [0.15, 0.2) is 11.5 Å². The van der Waals surface area contributed by atoms with E-state index in [1.165, 1.54) is 0 Å². The third-order valence-corrected chi connectivity index (χ3v) is 3.72. The Labute approximate surface area is 112 Å².